The highest BCUT2D eigenvalue weighted by molar-refractivity contribution is 6.03. The van der Waals surface area contributed by atoms with Crippen LogP contribution in [0.15, 0.2) is 23.3 Å². The van der Waals surface area contributed by atoms with Gasteiger partial charge in [0.2, 0.25) is 0 Å². The summed E-state index contributed by atoms with van der Waals surface area (Å²) in [6, 6.07) is 0. The topological polar surface area (TPSA) is 60.4 Å². The van der Waals surface area contributed by atoms with Gasteiger partial charge in [-0.2, -0.15) is 13.2 Å². The second-order valence-corrected chi connectivity index (χ2v) is 15.2. The lowest BCUT2D eigenvalue weighted by Gasteiger charge is -2.69. The number of hydrogen-bond acceptors (Lipinski definition) is 4. The molecule has 3 saturated carbocycles. The van der Waals surface area contributed by atoms with E-state index in [4.69, 9.17) is 4.74 Å². The van der Waals surface area contributed by atoms with E-state index in [0.717, 1.165) is 37.3 Å². The van der Waals surface area contributed by atoms with Gasteiger partial charge in [0.1, 0.15) is 0 Å². The summed E-state index contributed by atoms with van der Waals surface area (Å²) in [5.41, 5.74) is -4.04. The Morgan fingerprint density at radius 2 is 1.56 bits per heavy atom. The Labute approximate surface area is 230 Å². The van der Waals surface area contributed by atoms with Crippen molar-refractivity contribution in [1.82, 2.24) is 0 Å². The van der Waals surface area contributed by atoms with Crippen LogP contribution in [0, 0.1) is 50.2 Å². The molecule has 0 bridgehead atoms. The third-order valence-corrected chi connectivity index (χ3v) is 12.9. The van der Waals surface area contributed by atoms with E-state index in [0.29, 0.717) is 19.3 Å². The van der Waals surface area contributed by atoms with Crippen LogP contribution >= 0.6 is 0 Å². The van der Waals surface area contributed by atoms with Gasteiger partial charge in [0.05, 0.1) is 18.1 Å². The number of carbonyl (C=O) groups is 3. The molecule has 0 amide bonds. The van der Waals surface area contributed by atoms with Crippen LogP contribution in [0.3, 0.4) is 0 Å². The van der Waals surface area contributed by atoms with E-state index in [1.807, 2.05) is 6.92 Å². The van der Waals surface area contributed by atoms with Crippen LogP contribution in [0.25, 0.3) is 0 Å². The molecule has 8 atom stereocenters. The Morgan fingerprint density at radius 1 is 0.949 bits per heavy atom. The molecular weight excluding hydrogens is 505 g/mol. The van der Waals surface area contributed by atoms with Crippen molar-refractivity contribution in [3.8, 4) is 0 Å². The second kappa shape index (κ2) is 8.09. The average Bonchev–Trinajstić information content (AvgIpc) is 2.82. The summed E-state index contributed by atoms with van der Waals surface area (Å²) >= 11 is 0. The highest BCUT2D eigenvalue weighted by Crippen LogP contribution is 2.74. The number of fused-ring (bicyclic) bond motifs is 7. The highest BCUT2D eigenvalue weighted by Gasteiger charge is 2.71. The van der Waals surface area contributed by atoms with Gasteiger partial charge in [-0.05, 0) is 86.0 Å². The van der Waals surface area contributed by atoms with Crippen molar-refractivity contribution in [2.45, 2.75) is 99.6 Å². The smallest absolute Gasteiger partial charge is 0.419 e. The minimum Gasteiger partial charge on any atom is -0.469 e. The van der Waals surface area contributed by atoms with Crippen molar-refractivity contribution in [3.63, 3.8) is 0 Å². The number of ether oxygens (including phenoxy) is 1. The molecule has 39 heavy (non-hydrogen) atoms. The molecule has 0 radical (unpaired) electrons. The van der Waals surface area contributed by atoms with Gasteiger partial charge in [0.25, 0.3) is 0 Å². The lowest BCUT2D eigenvalue weighted by Crippen LogP contribution is -2.66. The fraction of sp³-hybridized carbons (Fsp3) is 0.781. The van der Waals surface area contributed by atoms with E-state index in [1.54, 1.807) is 26.8 Å². The summed E-state index contributed by atoms with van der Waals surface area (Å²) in [6.45, 7) is 13.6. The van der Waals surface area contributed by atoms with E-state index in [1.165, 1.54) is 7.11 Å². The van der Waals surface area contributed by atoms with Crippen LogP contribution in [-0.2, 0) is 19.1 Å². The van der Waals surface area contributed by atoms with Gasteiger partial charge in [0, 0.05) is 16.7 Å². The number of allylic oxidation sites excluding steroid dienone is 4. The molecule has 0 spiro atoms. The van der Waals surface area contributed by atoms with E-state index in [-0.39, 0.29) is 29.0 Å². The molecular formula is C32H43F3O4. The lowest BCUT2D eigenvalue weighted by molar-refractivity contribution is -0.177. The predicted molar refractivity (Wildman–Crippen MR) is 141 cm³/mol. The Hall–Kier alpha value is -1.92. The zero-order chi connectivity index (χ0) is 29.2. The quantitative estimate of drug-likeness (QED) is 0.320. The Morgan fingerprint density at radius 3 is 2.15 bits per heavy atom. The maximum absolute atomic E-state index is 14.3. The SMILES string of the molecule is COC(=O)[C@@]1(C)CC[C@]2(C)CC[C@]3(C)C(=CC(=O)[C@@H]4[C@@]5(C)C=C(C(F)(F)F)C(=O)C(C)(C)[C@@H]5CC[C@]43C)[C@H]2C1. The summed E-state index contributed by atoms with van der Waals surface area (Å²) in [7, 11) is 1.42. The minimum absolute atomic E-state index is 0.0204. The van der Waals surface area contributed by atoms with Gasteiger partial charge < -0.3 is 4.74 Å². The highest BCUT2D eigenvalue weighted by atomic mass is 19.4. The molecule has 3 fully saturated rings. The number of Topliss-reactive ketones (excluding diaryl/α,β-unsaturated/α-hetero) is 1. The predicted octanol–water partition coefficient (Wildman–Crippen LogP) is 7.42. The summed E-state index contributed by atoms with van der Waals surface area (Å²) < 4.78 is 47.8. The molecule has 0 aromatic carbocycles. The molecule has 0 aromatic rings. The van der Waals surface area contributed by atoms with Gasteiger partial charge in [-0.1, -0.05) is 53.2 Å². The number of carbonyl (C=O) groups excluding carboxylic acids is 3. The number of methoxy groups -OCH3 is 1. The number of rotatable bonds is 1. The zero-order valence-electron chi connectivity index (χ0n) is 24.6. The van der Waals surface area contributed by atoms with Gasteiger partial charge in [-0.15, -0.1) is 0 Å². The standard InChI is InChI=1S/C32H43F3O4/c1-26(2)22-9-10-31(7)23(29(22,5)17-20(24(26)37)32(33,34)35)21(36)15-18-19-16-28(4,25(38)39-8)12-11-27(19,3)13-14-30(18,31)6/h15,17,19,22-23H,9-14,16H2,1-8H3/t19-,22+,23-,27-,28+,29+,30-,31-/m1/s1. The minimum atomic E-state index is -4.77. The number of esters is 1. The molecule has 7 heteroatoms. The molecule has 5 aliphatic carbocycles. The molecule has 4 nitrogen and oxygen atoms in total. The summed E-state index contributed by atoms with van der Waals surface area (Å²) in [6.07, 6.45) is 3.36. The molecule has 0 unspecified atom stereocenters. The van der Waals surface area contributed by atoms with Crippen molar-refractivity contribution < 1.29 is 32.3 Å². The van der Waals surface area contributed by atoms with Crippen LogP contribution in [0.5, 0.6) is 0 Å². The van der Waals surface area contributed by atoms with Crippen LogP contribution in [0.4, 0.5) is 13.2 Å². The average molecular weight is 549 g/mol. The van der Waals surface area contributed by atoms with E-state index >= 15 is 0 Å². The molecule has 0 saturated heterocycles. The number of halogens is 3. The molecule has 5 rings (SSSR count). The zero-order valence-corrected chi connectivity index (χ0v) is 24.6. The normalized spacial score (nSPS) is 47.1. The third-order valence-electron chi connectivity index (χ3n) is 12.9. The number of ketones is 2. The van der Waals surface area contributed by atoms with Gasteiger partial charge in [0.15, 0.2) is 11.6 Å². The number of alkyl halides is 3. The van der Waals surface area contributed by atoms with Crippen LogP contribution < -0.4 is 0 Å². The maximum Gasteiger partial charge on any atom is 0.419 e. The Kier molecular flexibility index (Phi) is 5.93. The van der Waals surface area contributed by atoms with Crippen LogP contribution in [-0.4, -0.2) is 30.8 Å². The maximum atomic E-state index is 14.3. The lowest BCUT2D eigenvalue weighted by atomic mass is 9.34. The first kappa shape index (κ1) is 28.6. The molecule has 0 aromatic heterocycles. The first-order chi connectivity index (χ1) is 17.7. The first-order valence-electron chi connectivity index (χ1n) is 14.4. The van der Waals surface area contributed by atoms with E-state index in [2.05, 4.69) is 20.8 Å². The molecule has 0 aliphatic heterocycles. The van der Waals surface area contributed by atoms with Gasteiger partial charge in [-0.3, -0.25) is 14.4 Å². The Bertz CT molecular complexity index is 1210. The van der Waals surface area contributed by atoms with Gasteiger partial charge >= 0.3 is 12.1 Å². The van der Waals surface area contributed by atoms with E-state index in [9.17, 15) is 27.6 Å². The van der Waals surface area contributed by atoms with Gasteiger partial charge in [-0.25, -0.2) is 0 Å². The van der Waals surface area contributed by atoms with Crippen molar-refractivity contribution in [1.29, 1.82) is 0 Å². The molecule has 5 aliphatic rings. The van der Waals surface area contributed by atoms with Crippen molar-refractivity contribution in [3.05, 3.63) is 23.3 Å². The van der Waals surface area contributed by atoms with E-state index < -0.39 is 50.5 Å². The van der Waals surface area contributed by atoms with Crippen molar-refractivity contribution in [2.24, 2.45) is 50.2 Å². The number of hydrogen-bond donors (Lipinski definition) is 0. The molecule has 216 valence electrons. The molecule has 0 N–H and O–H groups in total. The monoisotopic (exact) mass is 548 g/mol. The summed E-state index contributed by atoms with van der Waals surface area (Å²) in [5.74, 6) is -2.24. The molecule has 0 heterocycles. The summed E-state index contributed by atoms with van der Waals surface area (Å²) in [4.78, 5) is 40.2. The van der Waals surface area contributed by atoms with Crippen molar-refractivity contribution in [2.75, 3.05) is 7.11 Å². The third kappa shape index (κ3) is 3.52. The summed E-state index contributed by atoms with van der Waals surface area (Å²) in [5, 5.41) is 0. The Balaban J connectivity index is 1.68. The second-order valence-electron chi connectivity index (χ2n) is 15.2. The van der Waals surface area contributed by atoms with Crippen LogP contribution in [0.2, 0.25) is 0 Å². The van der Waals surface area contributed by atoms with Crippen LogP contribution in [0.1, 0.15) is 93.4 Å². The fourth-order valence-corrected chi connectivity index (χ4v) is 10.3. The first-order valence-corrected chi connectivity index (χ1v) is 14.4. The largest absolute Gasteiger partial charge is 0.469 e. The fourth-order valence-electron chi connectivity index (χ4n) is 10.3. The van der Waals surface area contributed by atoms with Crippen molar-refractivity contribution >= 4 is 17.5 Å².